The van der Waals surface area contributed by atoms with Gasteiger partial charge in [0, 0.05) is 24.2 Å². The second-order valence-corrected chi connectivity index (χ2v) is 11.9. The minimum atomic E-state index is -0.170. The van der Waals surface area contributed by atoms with Crippen LogP contribution < -0.4 is 10.6 Å². The highest BCUT2D eigenvalue weighted by atomic mass is 16.6. The molecule has 0 unspecified atom stereocenters. The number of ether oxygens (including phenoxy) is 5. The summed E-state index contributed by atoms with van der Waals surface area (Å²) in [5.74, 6) is 0. The maximum absolute atomic E-state index is 6.07. The molecule has 0 bridgehead atoms. The highest BCUT2D eigenvalue weighted by molar-refractivity contribution is 4.81. The normalized spacial score (nSPS) is 13.6. The first-order chi connectivity index (χ1) is 15.1. The van der Waals surface area contributed by atoms with Crippen LogP contribution in [-0.4, -0.2) is 88.2 Å². The summed E-state index contributed by atoms with van der Waals surface area (Å²) in [5, 5.41) is 7.00. The van der Waals surface area contributed by atoms with Crippen molar-refractivity contribution in [2.45, 2.75) is 104 Å². The number of hydrogen-bond donors (Lipinski definition) is 2. The lowest BCUT2D eigenvalue weighted by Gasteiger charge is -2.32. The predicted molar refractivity (Wildman–Crippen MR) is 137 cm³/mol. The Balaban J connectivity index is 3.72. The summed E-state index contributed by atoms with van der Waals surface area (Å²) >= 11 is 0. The zero-order chi connectivity index (χ0) is 25.4. The van der Waals surface area contributed by atoms with Crippen molar-refractivity contribution in [1.29, 1.82) is 0 Å². The van der Waals surface area contributed by atoms with Crippen LogP contribution in [0.3, 0.4) is 0 Å². The monoisotopic (exact) mass is 476 g/mol. The topological polar surface area (TPSA) is 70.2 Å². The third-order valence-corrected chi connectivity index (χ3v) is 4.96. The van der Waals surface area contributed by atoms with Crippen LogP contribution in [0.1, 0.15) is 82.1 Å². The van der Waals surface area contributed by atoms with Crippen LogP contribution in [0.5, 0.6) is 0 Å². The predicted octanol–water partition coefficient (Wildman–Crippen LogP) is 4.18. The van der Waals surface area contributed by atoms with Crippen LogP contribution in [-0.2, 0) is 23.7 Å². The summed E-state index contributed by atoms with van der Waals surface area (Å²) in [7, 11) is 0. The lowest BCUT2D eigenvalue weighted by atomic mass is 9.91. The van der Waals surface area contributed by atoms with E-state index in [1.165, 1.54) is 0 Å². The van der Waals surface area contributed by atoms with Gasteiger partial charge in [0.1, 0.15) is 0 Å². The van der Waals surface area contributed by atoms with Gasteiger partial charge in [-0.25, -0.2) is 0 Å². The molecule has 7 nitrogen and oxygen atoms in total. The molecule has 0 aliphatic rings. The van der Waals surface area contributed by atoms with Crippen molar-refractivity contribution in [3.63, 3.8) is 0 Å². The van der Waals surface area contributed by atoms with Gasteiger partial charge >= 0.3 is 0 Å². The van der Waals surface area contributed by atoms with E-state index in [-0.39, 0.29) is 22.3 Å². The van der Waals surface area contributed by atoms with Gasteiger partial charge in [-0.1, -0.05) is 0 Å². The first-order valence-corrected chi connectivity index (χ1v) is 12.6. The molecular weight excluding hydrogens is 420 g/mol. The van der Waals surface area contributed by atoms with E-state index in [0.717, 1.165) is 25.9 Å². The molecule has 0 aromatic carbocycles. The third-order valence-electron chi connectivity index (χ3n) is 4.96. The minimum Gasteiger partial charge on any atom is -0.378 e. The average molecular weight is 477 g/mol. The Kier molecular flexibility index (Phi) is 16.3. The van der Waals surface area contributed by atoms with E-state index < -0.39 is 0 Å². The lowest BCUT2D eigenvalue weighted by Crippen LogP contribution is -2.43. The Morgan fingerprint density at radius 3 is 1.45 bits per heavy atom. The lowest BCUT2D eigenvalue weighted by molar-refractivity contribution is -0.0537. The molecule has 33 heavy (non-hydrogen) atoms. The summed E-state index contributed by atoms with van der Waals surface area (Å²) in [6.07, 6.45) is 2.00. The van der Waals surface area contributed by atoms with E-state index in [4.69, 9.17) is 23.7 Å². The molecule has 0 aliphatic heterocycles. The number of nitrogens with one attached hydrogen (secondary N) is 2. The molecule has 0 aromatic heterocycles. The quantitative estimate of drug-likeness (QED) is 0.255. The van der Waals surface area contributed by atoms with Crippen molar-refractivity contribution < 1.29 is 23.7 Å². The highest BCUT2D eigenvalue weighted by Gasteiger charge is 2.24. The first kappa shape index (κ1) is 32.7. The van der Waals surface area contributed by atoms with Crippen molar-refractivity contribution in [3.05, 3.63) is 0 Å². The molecule has 0 aliphatic carbocycles. The highest BCUT2D eigenvalue weighted by Crippen LogP contribution is 2.22. The summed E-state index contributed by atoms with van der Waals surface area (Å²) in [6.45, 7) is 28.1. The molecule has 0 spiro atoms. The molecule has 0 heterocycles. The Hall–Kier alpha value is -0.280. The van der Waals surface area contributed by atoms with Gasteiger partial charge in [0.05, 0.1) is 64.1 Å². The molecule has 200 valence electrons. The van der Waals surface area contributed by atoms with Gasteiger partial charge < -0.3 is 34.3 Å². The number of hydrogen-bond acceptors (Lipinski definition) is 7. The largest absolute Gasteiger partial charge is 0.378 e. The minimum absolute atomic E-state index is 0.0277. The van der Waals surface area contributed by atoms with Crippen molar-refractivity contribution >= 4 is 0 Å². The Morgan fingerprint density at radius 2 is 0.939 bits per heavy atom. The molecular formula is C26H56N2O5. The van der Waals surface area contributed by atoms with Crippen LogP contribution in [0.4, 0.5) is 0 Å². The second-order valence-electron chi connectivity index (χ2n) is 11.9. The molecule has 0 amide bonds. The zero-order valence-corrected chi connectivity index (χ0v) is 23.5. The smallest absolute Gasteiger partial charge is 0.0707 e. The van der Waals surface area contributed by atoms with E-state index in [1.807, 2.05) is 20.8 Å². The summed E-state index contributed by atoms with van der Waals surface area (Å²) in [4.78, 5) is 0. The molecule has 0 rings (SSSR count). The molecule has 0 atom stereocenters. The molecule has 0 saturated carbocycles. The van der Waals surface area contributed by atoms with Gasteiger partial charge in [-0.15, -0.1) is 0 Å². The number of rotatable bonds is 20. The van der Waals surface area contributed by atoms with E-state index in [1.54, 1.807) is 0 Å². The van der Waals surface area contributed by atoms with E-state index in [2.05, 4.69) is 59.1 Å². The molecule has 7 heteroatoms. The maximum atomic E-state index is 6.07. The van der Waals surface area contributed by atoms with E-state index in [0.29, 0.717) is 52.9 Å². The summed E-state index contributed by atoms with van der Waals surface area (Å²) in [6, 6.07) is 0. The average Bonchev–Trinajstić information content (AvgIpc) is 2.65. The van der Waals surface area contributed by atoms with Crippen molar-refractivity contribution in [3.8, 4) is 0 Å². The second kappa shape index (κ2) is 16.4. The standard InChI is InChI=1S/C26H56N2O5/c1-23(2,3)27-13-15-30-20-22-33-26(9,10)12-11-25(7,8)28-14-16-29-17-18-31-19-21-32-24(4,5)6/h27-28H,11-22H2,1-10H3. The SMILES string of the molecule is CC(C)(C)NCCOCCOC(C)(C)CCC(C)(C)NCCOCCOCCOC(C)(C)C. The summed E-state index contributed by atoms with van der Waals surface area (Å²) in [5.41, 5.74) is -0.126. The van der Waals surface area contributed by atoms with Gasteiger partial charge in [-0.3, -0.25) is 0 Å². The Labute approximate surface area is 205 Å². The maximum Gasteiger partial charge on any atom is 0.0707 e. The Bertz CT molecular complexity index is 470. The van der Waals surface area contributed by atoms with Crippen molar-refractivity contribution in [2.75, 3.05) is 65.9 Å². The fraction of sp³-hybridized carbons (Fsp3) is 1.00. The molecule has 0 saturated heterocycles. The molecule has 0 aromatic rings. The fourth-order valence-electron chi connectivity index (χ4n) is 2.94. The van der Waals surface area contributed by atoms with E-state index in [9.17, 15) is 0 Å². The molecule has 0 radical (unpaired) electrons. The van der Waals surface area contributed by atoms with Crippen molar-refractivity contribution in [2.24, 2.45) is 0 Å². The Morgan fingerprint density at radius 1 is 0.485 bits per heavy atom. The van der Waals surface area contributed by atoms with Crippen LogP contribution in [0, 0.1) is 0 Å². The van der Waals surface area contributed by atoms with Crippen LogP contribution in [0.25, 0.3) is 0 Å². The first-order valence-electron chi connectivity index (χ1n) is 12.6. The van der Waals surface area contributed by atoms with Gasteiger partial charge in [0.15, 0.2) is 0 Å². The molecule has 2 N–H and O–H groups in total. The van der Waals surface area contributed by atoms with Crippen molar-refractivity contribution in [1.82, 2.24) is 10.6 Å². The van der Waals surface area contributed by atoms with Gasteiger partial charge in [0.25, 0.3) is 0 Å². The van der Waals surface area contributed by atoms with Crippen LogP contribution in [0.2, 0.25) is 0 Å². The zero-order valence-electron chi connectivity index (χ0n) is 23.5. The van der Waals surface area contributed by atoms with Crippen LogP contribution >= 0.6 is 0 Å². The van der Waals surface area contributed by atoms with Gasteiger partial charge in [-0.05, 0) is 82.1 Å². The third kappa shape index (κ3) is 24.6. The molecule has 0 fully saturated rings. The summed E-state index contributed by atoms with van der Waals surface area (Å²) < 4.78 is 28.5. The fourth-order valence-corrected chi connectivity index (χ4v) is 2.94. The van der Waals surface area contributed by atoms with Crippen LogP contribution in [0.15, 0.2) is 0 Å². The van der Waals surface area contributed by atoms with Gasteiger partial charge in [-0.2, -0.15) is 0 Å². The van der Waals surface area contributed by atoms with E-state index >= 15 is 0 Å². The van der Waals surface area contributed by atoms with Gasteiger partial charge in [0.2, 0.25) is 0 Å².